The van der Waals surface area contributed by atoms with Crippen LogP contribution in [0.4, 0.5) is 10.3 Å². The molecule has 156 valence electrons. The standard InChI is InChI=1S/C22H19FN6O2/c1-14-12-20(30)26-22(25-14)27-24-13-19-15(2)28-29(17-6-4-3-5-7-17)21(19)31-18-10-8-16(23)9-11-18/h3-13H,1-2H3,(H2,25,26,27,30)/b24-13+. The number of H-pyrrole nitrogens is 1. The average molecular weight is 418 g/mol. The van der Waals surface area contributed by atoms with E-state index in [9.17, 15) is 9.18 Å². The first kappa shape index (κ1) is 20.0. The summed E-state index contributed by atoms with van der Waals surface area (Å²) in [7, 11) is 0. The quantitative estimate of drug-likeness (QED) is 0.365. The van der Waals surface area contributed by atoms with Crippen LogP contribution < -0.4 is 15.7 Å². The Morgan fingerprint density at radius 2 is 1.87 bits per heavy atom. The molecule has 0 bridgehead atoms. The third-order valence-corrected chi connectivity index (χ3v) is 4.33. The van der Waals surface area contributed by atoms with Crippen molar-refractivity contribution >= 4 is 12.2 Å². The van der Waals surface area contributed by atoms with Crippen molar-refractivity contribution in [3.8, 4) is 17.3 Å². The van der Waals surface area contributed by atoms with E-state index < -0.39 is 0 Å². The van der Waals surface area contributed by atoms with E-state index in [0.717, 1.165) is 5.69 Å². The van der Waals surface area contributed by atoms with E-state index in [-0.39, 0.29) is 17.3 Å². The lowest BCUT2D eigenvalue weighted by Gasteiger charge is -2.10. The molecule has 0 atom stereocenters. The van der Waals surface area contributed by atoms with Crippen LogP contribution in [0.2, 0.25) is 0 Å². The largest absolute Gasteiger partial charge is 0.438 e. The third kappa shape index (κ3) is 4.67. The Balaban J connectivity index is 1.71. The molecule has 2 aromatic carbocycles. The first-order valence-corrected chi connectivity index (χ1v) is 9.45. The summed E-state index contributed by atoms with van der Waals surface area (Å²) < 4.78 is 21.0. The number of aromatic amines is 1. The predicted octanol–water partition coefficient (Wildman–Crippen LogP) is 3.95. The number of rotatable bonds is 6. The molecule has 4 aromatic rings. The second-order valence-electron chi connectivity index (χ2n) is 6.71. The van der Waals surface area contributed by atoms with E-state index in [2.05, 4.69) is 25.6 Å². The van der Waals surface area contributed by atoms with Crippen LogP contribution in [-0.2, 0) is 0 Å². The minimum absolute atomic E-state index is 0.218. The topological polar surface area (TPSA) is 97.2 Å². The van der Waals surface area contributed by atoms with Gasteiger partial charge in [-0.1, -0.05) is 18.2 Å². The highest BCUT2D eigenvalue weighted by molar-refractivity contribution is 5.85. The van der Waals surface area contributed by atoms with Crippen LogP contribution in [0.1, 0.15) is 17.0 Å². The summed E-state index contributed by atoms with van der Waals surface area (Å²) in [5.74, 6) is 0.721. The predicted molar refractivity (Wildman–Crippen MR) is 116 cm³/mol. The van der Waals surface area contributed by atoms with Crippen LogP contribution in [0, 0.1) is 19.7 Å². The van der Waals surface area contributed by atoms with Crippen LogP contribution in [0.5, 0.6) is 11.6 Å². The van der Waals surface area contributed by atoms with E-state index in [4.69, 9.17) is 4.74 Å². The molecule has 0 unspecified atom stereocenters. The summed E-state index contributed by atoms with van der Waals surface area (Å²) in [6, 6.07) is 16.6. The minimum atomic E-state index is -0.356. The molecule has 31 heavy (non-hydrogen) atoms. The molecule has 0 fully saturated rings. The zero-order valence-electron chi connectivity index (χ0n) is 16.8. The van der Waals surface area contributed by atoms with Gasteiger partial charge in [0.05, 0.1) is 23.2 Å². The van der Waals surface area contributed by atoms with Gasteiger partial charge in [0.2, 0.25) is 11.8 Å². The van der Waals surface area contributed by atoms with Gasteiger partial charge in [-0.25, -0.2) is 14.8 Å². The number of aryl methyl sites for hydroxylation is 2. The van der Waals surface area contributed by atoms with Gasteiger partial charge in [-0.3, -0.25) is 9.78 Å². The number of ether oxygens (including phenoxy) is 1. The molecule has 0 amide bonds. The molecule has 9 heteroatoms. The Kier molecular flexibility index (Phi) is 5.57. The normalized spacial score (nSPS) is 11.1. The van der Waals surface area contributed by atoms with Crippen LogP contribution in [0.25, 0.3) is 5.69 Å². The van der Waals surface area contributed by atoms with E-state index in [1.54, 1.807) is 11.6 Å². The fourth-order valence-corrected chi connectivity index (χ4v) is 2.91. The van der Waals surface area contributed by atoms with E-state index >= 15 is 0 Å². The number of para-hydroxylation sites is 1. The smallest absolute Gasteiger partial charge is 0.252 e. The SMILES string of the molecule is Cc1cc(=O)[nH]c(N/N=C/c2c(C)nn(-c3ccccc3)c2Oc2ccc(F)cc2)n1. The Morgan fingerprint density at radius 3 is 2.58 bits per heavy atom. The Morgan fingerprint density at radius 1 is 1.13 bits per heavy atom. The third-order valence-electron chi connectivity index (χ3n) is 4.33. The molecule has 2 aromatic heterocycles. The number of halogens is 1. The van der Waals surface area contributed by atoms with Crippen LogP contribution in [-0.4, -0.2) is 26.0 Å². The summed E-state index contributed by atoms with van der Waals surface area (Å²) in [6.07, 6.45) is 1.53. The van der Waals surface area contributed by atoms with E-state index in [1.807, 2.05) is 37.3 Å². The van der Waals surface area contributed by atoms with Gasteiger partial charge < -0.3 is 4.74 Å². The highest BCUT2D eigenvalue weighted by atomic mass is 19.1. The molecule has 0 aliphatic rings. The van der Waals surface area contributed by atoms with Gasteiger partial charge in [-0.05, 0) is 50.2 Å². The first-order chi connectivity index (χ1) is 15.0. The van der Waals surface area contributed by atoms with Gasteiger partial charge in [-0.15, -0.1) is 0 Å². The van der Waals surface area contributed by atoms with Gasteiger partial charge >= 0.3 is 0 Å². The molecule has 0 spiro atoms. The summed E-state index contributed by atoms with van der Waals surface area (Å²) in [6.45, 7) is 3.54. The molecule has 0 saturated heterocycles. The average Bonchev–Trinajstić information content (AvgIpc) is 3.05. The summed E-state index contributed by atoms with van der Waals surface area (Å²) in [4.78, 5) is 18.3. The molecule has 0 saturated carbocycles. The molecule has 0 radical (unpaired) electrons. The van der Waals surface area contributed by atoms with Crippen molar-refractivity contribution in [3.63, 3.8) is 0 Å². The van der Waals surface area contributed by atoms with Gasteiger partial charge in [0, 0.05) is 11.8 Å². The number of nitrogens with zero attached hydrogens (tertiary/aromatic N) is 4. The second-order valence-corrected chi connectivity index (χ2v) is 6.71. The summed E-state index contributed by atoms with van der Waals surface area (Å²) in [5.41, 5.74) is 5.06. The molecule has 0 aliphatic heterocycles. The van der Waals surface area contributed by atoms with Crippen LogP contribution in [0.15, 0.2) is 70.6 Å². The highest BCUT2D eigenvalue weighted by Gasteiger charge is 2.18. The van der Waals surface area contributed by atoms with Crippen molar-refractivity contribution in [3.05, 3.63) is 93.8 Å². The number of hydrogen-bond donors (Lipinski definition) is 2. The number of benzene rings is 2. The number of nitrogens with one attached hydrogen (secondary N) is 2. The Bertz CT molecular complexity index is 1280. The number of hydrazone groups is 1. The van der Waals surface area contributed by atoms with Gasteiger partial charge in [0.1, 0.15) is 11.6 Å². The van der Waals surface area contributed by atoms with E-state index in [0.29, 0.717) is 28.6 Å². The fraction of sp³-hybridized carbons (Fsp3) is 0.0909. The molecule has 2 N–H and O–H groups in total. The Labute approximate surface area is 177 Å². The van der Waals surface area contributed by atoms with Crippen molar-refractivity contribution < 1.29 is 9.13 Å². The van der Waals surface area contributed by atoms with Crippen molar-refractivity contribution in [2.45, 2.75) is 13.8 Å². The fourth-order valence-electron chi connectivity index (χ4n) is 2.91. The van der Waals surface area contributed by atoms with Gasteiger partial charge in [-0.2, -0.15) is 14.9 Å². The zero-order valence-corrected chi connectivity index (χ0v) is 16.8. The van der Waals surface area contributed by atoms with Gasteiger partial charge in [0.25, 0.3) is 5.56 Å². The minimum Gasteiger partial charge on any atom is -0.438 e. The molecule has 0 aliphatic carbocycles. The molecule has 4 rings (SSSR count). The molecular formula is C22H19FN6O2. The van der Waals surface area contributed by atoms with Crippen molar-refractivity contribution in [1.29, 1.82) is 0 Å². The molecular weight excluding hydrogens is 399 g/mol. The lowest BCUT2D eigenvalue weighted by molar-refractivity contribution is 0.442. The van der Waals surface area contributed by atoms with Crippen LogP contribution in [0.3, 0.4) is 0 Å². The number of anilines is 1. The number of aromatic nitrogens is 4. The maximum atomic E-state index is 13.3. The summed E-state index contributed by atoms with van der Waals surface area (Å²) >= 11 is 0. The lowest BCUT2D eigenvalue weighted by Crippen LogP contribution is -2.10. The first-order valence-electron chi connectivity index (χ1n) is 9.45. The van der Waals surface area contributed by atoms with Crippen molar-refractivity contribution in [2.75, 3.05) is 5.43 Å². The Hall–Kier alpha value is -4.27. The molecule has 8 nitrogen and oxygen atoms in total. The molecule has 2 heterocycles. The zero-order chi connectivity index (χ0) is 21.8. The van der Waals surface area contributed by atoms with Crippen LogP contribution >= 0.6 is 0 Å². The summed E-state index contributed by atoms with van der Waals surface area (Å²) in [5, 5.41) is 8.75. The maximum absolute atomic E-state index is 13.3. The number of hydrogen-bond acceptors (Lipinski definition) is 6. The van der Waals surface area contributed by atoms with E-state index in [1.165, 1.54) is 36.5 Å². The second kappa shape index (κ2) is 8.62. The van der Waals surface area contributed by atoms with Gasteiger partial charge in [0.15, 0.2) is 0 Å². The van der Waals surface area contributed by atoms with Crippen molar-refractivity contribution in [2.24, 2.45) is 5.10 Å². The lowest BCUT2D eigenvalue weighted by atomic mass is 10.2. The monoisotopic (exact) mass is 418 g/mol. The highest BCUT2D eigenvalue weighted by Crippen LogP contribution is 2.29. The van der Waals surface area contributed by atoms with Crippen molar-refractivity contribution in [1.82, 2.24) is 19.7 Å². The maximum Gasteiger partial charge on any atom is 0.252 e.